The number of nitrogens with two attached hydrogens (primary N) is 1. The van der Waals surface area contributed by atoms with E-state index in [2.05, 4.69) is 26.7 Å². The predicted octanol–water partition coefficient (Wildman–Crippen LogP) is -0.305. The molecule has 0 radical (unpaired) electrons. The van der Waals surface area contributed by atoms with Gasteiger partial charge in [-0.1, -0.05) is 6.08 Å². The fourth-order valence-corrected chi connectivity index (χ4v) is 2.33. The number of nitrogens with zero attached hydrogens (tertiary/aromatic N) is 3. The maximum Gasteiger partial charge on any atom is 0.188 e. The SMILES string of the molecule is C=CCNC(N)=NCC1CN2CCN1CC2.I. The van der Waals surface area contributed by atoms with E-state index in [1.165, 1.54) is 26.2 Å². The summed E-state index contributed by atoms with van der Waals surface area (Å²) in [6.07, 6.45) is 1.78. The van der Waals surface area contributed by atoms with Gasteiger partial charge in [-0.15, -0.1) is 30.6 Å². The normalized spacial score (nSPS) is 31.8. The third-order valence-electron chi connectivity index (χ3n) is 3.29. The molecule has 0 aliphatic carbocycles. The molecule has 0 aromatic heterocycles. The minimum atomic E-state index is 0. The Kier molecular flexibility index (Phi) is 6.21. The van der Waals surface area contributed by atoms with Crippen molar-refractivity contribution < 1.29 is 0 Å². The lowest BCUT2D eigenvalue weighted by Crippen LogP contribution is -2.61. The van der Waals surface area contributed by atoms with Gasteiger partial charge in [0.15, 0.2) is 5.96 Å². The van der Waals surface area contributed by atoms with Crippen LogP contribution in [0.15, 0.2) is 17.6 Å². The van der Waals surface area contributed by atoms with Crippen LogP contribution in [0, 0.1) is 0 Å². The first-order valence-corrected chi connectivity index (χ1v) is 5.90. The zero-order chi connectivity index (χ0) is 11.4. The molecule has 0 aromatic rings. The van der Waals surface area contributed by atoms with Crippen molar-refractivity contribution in [2.24, 2.45) is 10.7 Å². The second-order valence-electron chi connectivity index (χ2n) is 4.39. The first kappa shape index (κ1) is 14.7. The zero-order valence-electron chi connectivity index (χ0n) is 10.1. The van der Waals surface area contributed by atoms with Crippen LogP contribution in [0.3, 0.4) is 0 Å². The molecule has 0 spiro atoms. The number of hydrogen-bond donors (Lipinski definition) is 2. The maximum absolute atomic E-state index is 5.73. The van der Waals surface area contributed by atoms with Crippen LogP contribution in [-0.2, 0) is 0 Å². The lowest BCUT2D eigenvalue weighted by molar-refractivity contribution is 0.0174. The van der Waals surface area contributed by atoms with Gasteiger partial charge in [0, 0.05) is 45.3 Å². The first-order chi connectivity index (χ1) is 7.79. The number of nitrogens with one attached hydrogen (secondary N) is 1. The average Bonchev–Trinajstić information content (AvgIpc) is 2.35. The van der Waals surface area contributed by atoms with Crippen LogP contribution in [0.1, 0.15) is 0 Å². The molecule has 3 saturated heterocycles. The van der Waals surface area contributed by atoms with Crippen molar-refractivity contribution in [2.75, 3.05) is 45.8 Å². The summed E-state index contributed by atoms with van der Waals surface area (Å²) in [5.74, 6) is 0.526. The largest absolute Gasteiger partial charge is 0.370 e. The molecule has 3 fully saturated rings. The van der Waals surface area contributed by atoms with Gasteiger partial charge < -0.3 is 11.1 Å². The van der Waals surface area contributed by atoms with E-state index in [9.17, 15) is 0 Å². The number of hydrogen-bond acceptors (Lipinski definition) is 3. The quantitative estimate of drug-likeness (QED) is 0.316. The fourth-order valence-electron chi connectivity index (χ4n) is 2.33. The number of piperazine rings is 3. The Balaban J connectivity index is 0.00000144. The van der Waals surface area contributed by atoms with Crippen molar-refractivity contribution >= 4 is 29.9 Å². The second kappa shape index (κ2) is 7.17. The summed E-state index contributed by atoms with van der Waals surface area (Å²) in [4.78, 5) is 9.40. The summed E-state index contributed by atoms with van der Waals surface area (Å²) >= 11 is 0. The molecule has 1 atom stereocenters. The number of rotatable bonds is 4. The zero-order valence-corrected chi connectivity index (χ0v) is 12.5. The summed E-state index contributed by atoms with van der Waals surface area (Å²) in [5, 5.41) is 2.99. The molecule has 17 heavy (non-hydrogen) atoms. The van der Waals surface area contributed by atoms with Crippen LogP contribution >= 0.6 is 24.0 Å². The highest BCUT2D eigenvalue weighted by atomic mass is 127. The van der Waals surface area contributed by atoms with Crippen LogP contribution in [0.4, 0.5) is 0 Å². The predicted molar refractivity (Wildman–Crippen MR) is 81.9 cm³/mol. The standard InChI is InChI=1S/C11H21N5.HI/c1-2-3-13-11(12)14-8-10-9-15-4-6-16(10)7-5-15;/h2,10H,1,3-9H2,(H3,12,13,14);1H. The molecule has 3 aliphatic heterocycles. The lowest BCUT2D eigenvalue weighted by atomic mass is 10.1. The van der Waals surface area contributed by atoms with Gasteiger partial charge in [0.25, 0.3) is 0 Å². The van der Waals surface area contributed by atoms with Gasteiger partial charge in [-0.2, -0.15) is 0 Å². The van der Waals surface area contributed by atoms with Crippen molar-refractivity contribution in [3.05, 3.63) is 12.7 Å². The molecular weight excluding hydrogens is 329 g/mol. The molecule has 3 rings (SSSR count). The molecule has 2 bridgehead atoms. The Hall–Kier alpha value is -0.340. The van der Waals surface area contributed by atoms with Crippen molar-refractivity contribution in [2.45, 2.75) is 6.04 Å². The Morgan fingerprint density at radius 2 is 2.12 bits per heavy atom. The molecule has 0 aromatic carbocycles. The van der Waals surface area contributed by atoms with E-state index in [0.717, 1.165) is 13.1 Å². The minimum absolute atomic E-state index is 0. The van der Waals surface area contributed by atoms with E-state index >= 15 is 0 Å². The molecule has 6 heteroatoms. The molecule has 0 saturated carbocycles. The van der Waals surface area contributed by atoms with Gasteiger partial charge in [0.05, 0.1) is 6.54 Å². The van der Waals surface area contributed by atoms with Crippen molar-refractivity contribution in [1.29, 1.82) is 0 Å². The number of halogens is 1. The summed E-state index contributed by atoms with van der Waals surface area (Å²) in [7, 11) is 0. The van der Waals surface area contributed by atoms with Gasteiger partial charge >= 0.3 is 0 Å². The molecule has 3 heterocycles. The monoisotopic (exact) mass is 351 g/mol. The summed E-state index contributed by atoms with van der Waals surface area (Å²) in [5.41, 5.74) is 5.73. The number of fused-ring (bicyclic) bond motifs is 3. The summed E-state index contributed by atoms with van der Waals surface area (Å²) in [6.45, 7) is 11.0. The third-order valence-corrected chi connectivity index (χ3v) is 3.29. The van der Waals surface area contributed by atoms with E-state index < -0.39 is 0 Å². The lowest BCUT2D eigenvalue weighted by Gasteiger charge is -2.47. The molecular formula is C11H22IN5. The van der Waals surface area contributed by atoms with Gasteiger partial charge in [0.2, 0.25) is 0 Å². The van der Waals surface area contributed by atoms with Gasteiger partial charge in [-0.25, -0.2) is 0 Å². The highest BCUT2D eigenvalue weighted by Crippen LogP contribution is 2.15. The van der Waals surface area contributed by atoms with E-state index in [-0.39, 0.29) is 24.0 Å². The van der Waals surface area contributed by atoms with Crippen LogP contribution < -0.4 is 11.1 Å². The van der Waals surface area contributed by atoms with Gasteiger partial charge in [0.1, 0.15) is 0 Å². The van der Waals surface area contributed by atoms with E-state index in [1.54, 1.807) is 6.08 Å². The molecule has 3 aliphatic rings. The molecule has 5 nitrogen and oxygen atoms in total. The number of guanidine groups is 1. The average molecular weight is 351 g/mol. The summed E-state index contributed by atoms with van der Waals surface area (Å²) in [6, 6.07) is 0.548. The minimum Gasteiger partial charge on any atom is -0.370 e. The van der Waals surface area contributed by atoms with Crippen molar-refractivity contribution in [3.63, 3.8) is 0 Å². The van der Waals surface area contributed by atoms with Gasteiger partial charge in [-0.05, 0) is 0 Å². The maximum atomic E-state index is 5.73. The fraction of sp³-hybridized carbons (Fsp3) is 0.727. The third kappa shape index (κ3) is 4.11. The van der Waals surface area contributed by atoms with E-state index in [1.807, 2.05) is 0 Å². The molecule has 3 N–H and O–H groups in total. The Labute approximate surface area is 120 Å². The Morgan fingerprint density at radius 3 is 2.65 bits per heavy atom. The Morgan fingerprint density at radius 1 is 1.41 bits per heavy atom. The molecule has 1 unspecified atom stereocenters. The molecule has 98 valence electrons. The molecule has 0 amide bonds. The van der Waals surface area contributed by atoms with E-state index in [4.69, 9.17) is 5.73 Å². The highest BCUT2D eigenvalue weighted by molar-refractivity contribution is 14.0. The second-order valence-corrected chi connectivity index (χ2v) is 4.39. The smallest absolute Gasteiger partial charge is 0.188 e. The van der Waals surface area contributed by atoms with Crippen LogP contribution in [0.2, 0.25) is 0 Å². The first-order valence-electron chi connectivity index (χ1n) is 5.90. The van der Waals surface area contributed by atoms with Crippen LogP contribution in [-0.4, -0.2) is 67.6 Å². The topological polar surface area (TPSA) is 56.9 Å². The number of aliphatic imine (C=N–C) groups is 1. The van der Waals surface area contributed by atoms with Crippen LogP contribution in [0.5, 0.6) is 0 Å². The van der Waals surface area contributed by atoms with Gasteiger partial charge in [-0.3, -0.25) is 14.8 Å². The van der Waals surface area contributed by atoms with E-state index in [0.29, 0.717) is 18.5 Å². The van der Waals surface area contributed by atoms with Crippen LogP contribution in [0.25, 0.3) is 0 Å². The highest BCUT2D eigenvalue weighted by Gasteiger charge is 2.31. The Bertz CT molecular complexity index is 273. The van der Waals surface area contributed by atoms with Crippen molar-refractivity contribution in [3.8, 4) is 0 Å². The van der Waals surface area contributed by atoms with Crippen molar-refractivity contribution in [1.82, 2.24) is 15.1 Å². The summed E-state index contributed by atoms with van der Waals surface area (Å²) < 4.78 is 0.